The number of para-hydroxylation sites is 1. The van der Waals surface area contributed by atoms with Gasteiger partial charge in [0.2, 0.25) is 0 Å². The lowest BCUT2D eigenvalue weighted by molar-refractivity contribution is -0.147. The summed E-state index contributed by atoms with van der Waals surface area (Å²) in [5.41, 5.74) is 3.37. The monoisotopic (exact) mass is 267 g/mol. The second kappa shape index (κ2) is 5.78. The van der Waals surface area contributed by atoms with Gasteiger partial charge in [0.15, 0.2) is 0 Å². The van der Waals surface area contributed by atoms with E-state index in [-0.39, 0.29) is 18.6 Å². The number of hydrogen-bond acceptors (Lipinski definition) is 3. The SMILES string of the molecule is O=C(CNc1ccccc1)OC1CCc2ccccc21. The third-order valence-corrected chi connectivity index (χ3v) is 3.56. The van der Waals surface area contributed by atoms with Crippen LogP contribution in [-0.2, 0) is 16.0 Å². The number of aryl methyl sites for hydroxylation is 1. The van der Waals surface area contributed by atoms with Crippen LogP contribution in [0.4, 0.5) is 5.69 Å². The number of benzene rings is 2. The molecule has 1 aliphatic carbocycles. The van der Waals surface area contributed by atoms with E-state index in [9.17, 15) is 4.79 Å². The van der Waals surface area contributed by atoms with Gasteiger partial charge in [-0.25, -0.2) is 0 Å². The molecule has 0 bridgehead atoms. The normalized spacial score (nSPS) is 16.5. The van der Waals surface area contributed by atoms with Crippen molar-refractivity contribution in [3.05, 3.63) is 65.7 Å². The molecule has 0 fully saturated rings. The van der Waals surface area contributed by atoms with Crippen LogP contribution in [0, 0.1) is 0 Å². The molecule has 1 N–H and O–H groups in total. The van der Waals surface area contributed by atoms with E-state index in [0.717, 1.165) is 24.1 Å². The van der Waals surface area contributed by atoms with Gasteiger partial charge >= 0.3 is 5.97 Å². The molecular formula is C17H17NO2. The van der Waals surface area contributed by atoms with Crippen molar-refractivity contribution in [3.63, 3.8) is 0 Å². The lowest BCUT2D eigenvalue weighted by Gasteiger charge is -2.14. The van der Waals surface area contributed by atoms with Gasteiger partial charge in [0, 0.05) is 5.69 Å². The minimum absolute atomic E-state index is 0.0868. The van der Waals surface area contributed by atoms with Crippen LogP contribution in [-0.4, -0.2) is 12.5 Å². The van der Waals surface area contributed by atoms with Gasteiger partial charge in [-0.1, -0.05) is 42.5 Å². The summed E-state index contributed by atoms with van der Waals surface area (Å²) in [7, 11) is 0. The van der Waals surface area contributed by atoms with Gasteiger partial charge in [0.25, 0.3) is 0 Å². The topological polar surface area (TPSA) is 38.3 Å². The molecule has 1 atom stereocenters. The van der Waals surface area contributed by atoms with Crippen LogP contribution >= 0.6 is 0 Å². The molecule has 0 heterocycles. The minimum Gasteiger partial charge on any atom is -0.456 e. The maximum absolute atomic E-state index is 11.9. The predicted octanol–water partition coefficient (Wildman–Crippen LogP) is 3.33. The minimum atomic E-state index is -0.212. The zero-order chi connectivity index (χ0) is 13.8. The van der Waals surface area contributed by atoms with E-state index in [1.165, 1.54) is 5.56 Å². The van der Waals surface area contributed by atoms with E-state index in [2.05, 4.69) is 11.4 Å². The molecule has 2 aromatic carbocycles. The largest absolute Gasteiger partial charge is 0.456 e. The maximum atomic E-state index is 11.9. The van der Waals surface area contributed by atoms with Crippen molar-refractivity contribution in [2.75, 3.05) is 11.9 Å². The molecule has 0 spiro atoms. The Morgan fingerprint density at radius 2 is 1.85 bits per heavy atom. The van der Waals surface area contributed by atoms with Crippen molar-refractivity contribution in [1.29, 1.82) is 0 Å². The van der Waals surface area contributed by atoms with E-state index in [0.29, 0.717) is 0 Å². The van der Waals surface area contributed by atoms with Crippen molar-refractivity contribution >= 4 is 11.7 Å². The lowest BCUT2D eigenvalue weighted by Crippen LogP contribution is -2.18. The Labute approximate surface area is 118 Å². The van der Waals surface area contributed by atoms with Crippen molar-refractivity contribution in [2.24, 2.45) is 0 Å². The van der Waals surface area contributed by atoms with Crippen LogP contribution in [0.5, 0.6) is 0 Å². The Morgan fingerprint density at radius 3 is 2.70 bits per heavy atom. The molecule has 3 nitrogen and oxygen atoms in total. The van der Waals surface area contributed by atoms with E-state index < -0.39 is 0 Å². The van der Waals surface area contributed by atoms with E-state index >= 15 is 0 Å². The molecular weight excluding hydrogens is 250 g/mol. The zero-order valence-electron chi connectivity index (χ0n) is 11.2. The zero-order valence-corrected chi connectivity index (χ0v) is 11.2. The van der Waals surface area contributed by atoms with E-state index in [1.54, 1.807) is 0 Å². The predicted molar refractivity (Wildman–Crippen MR) is 78.5 cm³/mol. The maximum Gasteiger partial charge on any atom is 0.325 e. The van der Waals surface area contributed by atoms with Crippen LogP contribution in [0.2, 0.25) is 0 Å². The summed E-state index contributed by atoms with van der Waals surface area (Å²) < 4.78 is 5.56. The summed E-state index contributed by atoms with van der Waals surface area (Å²) >= 11 is 0. The molecule has 1 aliphatic rings. The molecule has 3 heteroatoms. The second-order valence-corrected chi connectivity index (χ2v) is 4.94. The number of carbonyl (C=O) groups excluding carboxylic acids is 1. The number of fused-ring (bicyclic) bond motifs is 1. The molecule has 20 heavy (non-hydrogen) atoms. The Hall–Kier alpha value is -2.29. The van der Waals surface area contributed by atoms with Crippen LogP contribution in [0.15, 0.2) is 54.6 Å². The first-order valence-electron chi connectivity index (χ1n) is 6.89. The van der Waals surface area contributed by atoms with E-state index in [4.69, 9.17) is 4.74 Å². The third kappa shape index (κ3) is 2.82. The van der Waals surface area contributed by atoms with Crippen molar-refractivity contribution < 1.29 is 9.53 Å². The first-order chi connectivity index (χ1) is 9.83. The number of nitrogens with one attached hydrogen (secondary N) is 1. The average molecular weight is 267 g/mol. The number of carbonyl (C=O) groups is 1. The van der Waals surface area contributed by atoms with Crippen molar-refractivity contribution in [2.45, 2.75) is 18.9 Å². The van der Waals surface area contributed by atoms with Crippen LogP contribution in [0.25, 0.3) is 0 Å². The Bertz CT molecular complexity index is 595. The summed E-state index contributed by atoms with van der Waals surface area (Å²) in [6.45, 7) is 0.197. The molecule has 0 amide bonds. The highest BCUT2D eigenvalue weighted by Crippen LogP contribution is 2.33. The molecule has 0 radical (unpaired) electrons. The fraction of sp³-hybridized carbons (Fsp3) is 0.235. The van der Waals surface area contributed by atoms with Gasteiger partial charge in [-0.05, 0) is 36.1 Å². The van der Waals surface area contributed by atoms with Gasteiger partial charge in [-0.15, -0.1) is 0 Å². The van der Waals surface area contributed by atoms with Crippen LogP contribution in [0.3, 0.4) is 0 Å². The number of rotatable bonds is 4. The smallest absolute Gasteiger partial charge is 0.325 e. The molecule has 102 valence electrons. The molecule has 1 unspecified atom stereocenters. The Kier molecular flexibility index (Phi) is 3.68. The summed E-state index contributed by atoms with van der Waals surface area (Å²) in [5.74, 6) is -0.212. The quantitative estimate of drug-likeness (QED) is 0.863. The van der Waals surface area contributed by atoms with Gasteiger partial charge in [-0.3, -0.25) is 4.79 Å². The van der Waals surface area contributed by atoms with Crippen molar-refractivity contribution in [3.8, 4) is 0 Å². The number of ether oxygens (including phenoxy) is 1. The van der Waals surface area contributed by atoms with Crippen LogP contribution in [0.1, 0.15) is 23.7 Å². The molecule has 0 saturated carbocycles. The standard InChI is InChI=1S/C17H17NO2/c19-17(12-18-14-7-2-1-3-8-14)20-16-11-10-13-6-4-5-9-15(13)16/h1-9,16,18H,10-12H2. The van der Waals surface area contributed by atoms with Gasteiger partial charge in [0.05, 0.1) is 0 Å². The highest BCUT2D eigenvalue weighted by atomic mass is 16.5. The first kappa shape index (κ1) is 12.7. The Balaban J connectivity index is 1.55. The number of hydrogen-bond donors (Lipinski definition) is 1. The molecule has 0 saturated heterocycles. The average Bonchev–Trinajstić information content (AvgIpc) is 2.90. The van der Waals surface area contributed by atoms with Gasteiger partial charge in [0.1, 0.15) is 12.6 Å². The molecule has 0 aromatic heterocycles. The summed E-state index contributed by atoms with van der Waals surface area (Å²) in [4.78, 5) is 11.9. The number of anilines is 1. The van der Waals surface area contributed by atoms with Crippen LogP contribution < -0.4 is 5.32 Å². The van der Waals surface area contributed by atoms with Crippen molar-refractivity contribution in [1.82, 2.24) is 0 Å². The fourth-order valence-corrected chi connectivity index (χ4v) is 2.57. The molecule has 2 aromatic rings. The fourth-order valence-electron chi connectivity index (χ4n) is 2.57. The highest BCUT2D eigenvalue weighted by Gasteiger charge is 2.24. The summed E-state index contributed by atoms with van der Waals surface area (Å²) in [5, 5.41) is 3.07. The third-order valence-electron chi connectivity index (χ3n) is 3.56. The number of esters is 1. The lowest BCUT2D eigenvalue weighted by atomic mass is 10.1. The van der Waals surface area contributed by atoms with Gasteiger partial charge in [-0.2, -0.15) is 0 Å². The highest BCUT2D eigenvalue weighted by molar-refractivity contribution is 5.75. The summed E-state index contributed by atoms with van der Waals surface area (Å²) in [6.07, 6.45) is 1.78. The second-order valence-electron chi connectivity index (χ2n) is 4.94. The van der Waals surface area contributed by atoms with Gasteiger partial charge < -0.3 is 10.1 Å². The summed E-state index contributed by atoms with van der Waals surface area (Å²) in [6, 6.07) is 17.8. The Morgan fingerprint density at radius 1 is 1.10 bits per heavy atom. The molecule has 0 aliphatic heterocycles. The molecule has 3 rings (SSSR count). The van der Waals surface area contributed by atoms with E-state index in [1.807, 2.05) is 48.5 Å². The first-order valence-corrected chi connectivity index (χ1v) is 6.89.